The second-order valence-electron chi connectivity index (χ2n) is 6.50. The van der Waals surface area contributed by atoms with Crippen molar-refractivity contribution in [3.63, 3.8) is 0 Å². The highest BCUT2D eigenvalue weighted by atomic mass is 16.3. The molecule has 7 nitrogen and oxygen atoms in total. The van der Waals surface area contributed by atoms with Crippen molar-refractivity contribution in [1.82, 2.24) is 9.61 Å². The Morgan fingerprint density at radius 3 is 2.61 bits per heavy atom. The molecule has 7 heteroatoms. The number of aromatic nitrogens is 2. The monoisotopic (exact) mass is 370 g/mol. The second-order valence-corrected chi connectivity index (χ2v) is 6.50. The SMILES string of the molecule is NC(=O)c1cnn2ccc3c2c1-c1ccccc1N=C3c1ccc(O)cc1O. The number of nitrogens with two attached hydrogens (primary N) is 1. The summed E-state index contributed by atoms with van der Waals surface area (Å²) >= 11 is 0. The summed E-state index contributed by atoms with van der Waals surface area (Å²) in [4.78, 5) is 16.9. The van der Waals surface area contributed by atoms with Crippen LogP contribution in [0, 0.1) is 0 Å². The van der Waals surface area contributed by atoms with Gasteiger partial charge in [-0.15, -0.1) is 0 Å². The summed E-state index contributed by atoms with van der Waals surface area (Å²) in [6.07, 6.45) is 3.22. The van der Waals surface area contributed by atoms with Gasteiger partial charge in [0.15, 0.2) is 0 Å². The molecule has 0 aliphatic carbocycles. The van der Waals surface area contributed by atoms with E-state index in [9.17, 15) is 15.0 Å². The minimum atomic E-state index is -0.581. The topological polar surface area (TPSA) is 113 Å². The third kappa shape index (κ3) is 2.20. The van der Waals surface area contributed by atoms with E-state index in [1.165, 1.54) is 18.3 Å². The smallest absolute Gasteiger partial charge is 0.251 e. The van der Waals surface area contributed by atoms with Crippen LogP contribution in [0.5, 0.6) is 11.5 Å². The van der Waals surface area contributed by atoms with Gasteiger partial charge in [0.25, 0.3) is 5.91 Å². The van der Waals surface area contributed by atoms with E-state index in [4.69, 9.17) is 10.7 Å². The zero-order valence-electron chi connectivity index (χ0n) is 14.5. The van der Waals surface area contributed by atoms with Crippen molar-refractivity contribution < 1.29 is 15.0 Å². The van der Waals surface area contributed by atoms with Gasteiger partial charge in [-0.2, -0.15) is 5.10 Å². The summed E-state index contributed by atoms with van der Waals surface area (Å²) in [6.45, 7) is 0. The summed E-state index contributed by atoms with van der Waals surface area (Å²) in [7, 11) is 0. The van der Waals surface area contributed by atoms with Gasteiger partial charge in [-0.05, 0) is 24.3 Å². The van der Waals surface area contributed by atoms with Crippen molar-refractivity contribution >= 4 is 22.8 Å². The average molecular weight is 370 g/mol. The van der Waals surface area contributed by atoms with E-state index in [2.05, 4.69) is 5.10 Å². The maximum atomic E-state index is 12.1. The van der Waals surface area contributed by atoms with Gasteiger partial charge in [-0.25, -0.2) is 9.51 Å². The van der Waals surface area contributed by atoms with E-state index in [1.54, 1.807) is 16.8 Å². The van der Waals surface area contributed by atoms with Gasteiger partial charge in [0.2, 0.25) is 0 Å². The van der Waals surface area contributed by atoms with Crippen molar-refractivity contribution in [2.24, 2.45) is 10.7 Å². The van der Waals surface area contributed by atoms with Crippen LogP contribution in [-0.4, -0.2) is 31.4 Å². The number of para-hydroxylation sites is 1. The number of nitrogens with zero attached hydrogens (tertiary/aromatic N) is 3. The highest BCUT2D eigenvalue weighted by Gasteiger charge is 2.26. The standard InChI is InChI=1S/C21H14N4O3/c22-21(28)15-10-23-25-8-7-14-19(13-6-5-11(26)9-17(13)27)24-16-4-2-1-3-12(16)18(15)20(14)25/h1-10,26-27H,(H2,22,28). The summed E-state index contributed by atoms with van der Waals surface area (Å²) in [6, 6.07) is 13.6. The van der Waals surface area contributed by atoms with Crippen LogP contribution < -0.4 is 5.73 Å². The predicted octanol–water partition coefficient (Wildman–Crippen LogP) is 2.99. The van der Waals surface area contributed by atoms with Crippen molar-refractivity contribution in [2.75, 3.05) is 0 Å². The molecule has 3 heterocycles. The lowest BCUT2D eigenvalue weighted by Gasteiger charge is -2.10. The third-order valence-electron chi connectivity index (χ3n) is 4.85. The van der Waals surface area contributed by atoms with Gasteiger partial charge in [-0.3, -0.25) is 4.79 Å². The number of aliphatic imine (C=N–C) groups is 1. The minimum Gasteiger partial charge on any atom is -0.508 e. The van der Waals surface area contributed by atoms with E-state index < -0.39 is 5.91 Å². The molecular weight excluding hydrogens is 356 g/mol. The van der Waals surface area contributed by atoms with Crippen molar-refractivity contribution in [2.45, 2.75) is 0 Å². The minimum absolute atomic E-state index is 0.0454. The molecule has 1 aliphatic heterocycles. The van der Waals surface area contributed by atoms with Gasteiger partial charge < -0.3 is 15.9 Å². The Balaban J connectivity index is 1.95. The first kappa shape index (κ1) is 16.1. The molecule has 0 radical (unpaired) electrons. The van der Waals surface area contributed by atoms with Gasteiger partial charge in [0, 0.05) is 34.5 Å². The Bertz CT molecular complexity index is 1320. The van der Waals surface area contributed by atoms with E-state index in [0.29, 0.717) is 39.2 Å². The van der Waals surface area contributed by atoms with E-state index in [1.807, 2.05) is 30.3 Å². The van der Waals surface area contributed by atoms with Crippen LogP contribution >= 0.6 is 0 Å². The zero-order valence-corrected chi connectivity index (χ0v) is 14.5. The number of benzene rings is 2. The lowest BCUT2D eigenvalue weighted by Crippen LogP contribution is -2.14. The molecule has 0 saturated carbocycles. The maximum Gasteiger partial charge on any atom is 0.251 e. The number of carbonyl (C=O) groups is 1. The summed E-state index contributed by atoms with van der Waals surface area (Å²) in [5, 5.41) is 24.4. The lowest BCUT2D eigenvalue weighted by molar-refractivity contribution is 0.100. The molecule has 5 rings (SSSR count). The Kier molecular flexibility index (Phi) is 3.26. The van der Waals surface area contributed by atoms with Crippen LogP contribution in [-0.2, 0) is 0 Å². The molecule has 0 unspecified atom stereocenters. The average Bonchev–Trinajstić information content (AvgIpc) is 3.04. The fourth-order valence-electron chi connectivity index (χ4n) is 3.62. The number of primary amides is 1. The molecule has 0 fully saturated rings. The van der Waals surface area contributed by atoms with Crippen LogP contribution in [0.2, 0.25) is 0 Å². The fraction of sp³-hybridized carbons (Fsp3) is 0. The number of carbonyl (C=O) groups excluding carboxylic acids is 1. The van der Waals surface area contributed by atoms with E-state index >= 15 is 0 Å². The van der Waals surface area contributed by atoms with Gasteiger partial charge in [0.05, 0.1) is 28.7 Å². The number of rotatable bonds is 2. The molecule has 136 valence electrons. The zero-order chi connectivity index (χ0) is 19.4. The normalized spacial score (nSPS) is 12.4. The van der Waals surface area contributed by atoms with Crippen molar-refractivity contribution in [3.8, 4) is 22.6 Å². The number of hydrogen-bond acceptors (Lipinski definition) is 5. The first-order chi connectivity index (χ1) is 13.5. The molecule has 0 saturated heterocycles. The Morgan fingerprint density at radius 2 is 1.82 bits per heavy atom. The largest absolute Gasteiger partial charge is 0.508 e. The lowest BCUT2D eigenvalue weighted by atomic mass is 9.96. The molecule has 1 aliphatic rings. The number of fused-ring (bicyclic) bond motifs is 2. The molecular formula is C21H14N4O3. The maximum absolute atomic E-state index is 12.1. The number of aromatic hydroxyl groups is 2. The number of amides is 1. The van der Waals surface area contributed by atoms with Crippen LogP contribution in [0.4, 0.5) is 5.69 Å². The third-order valence-corrected chi connectivity index (χ3v) is 4.85. The second kappa shape index (κ2) is 5.68. The van der Waals surface area contributed by atoms with Crippen LogP contribution in [0.3, 0.4) is 0 Å². The van der Waals surface area contributed by atoms with Crippen LogP contribution in [0.1, 0.15) is 21.5 Å². The van der Waals surface area contributed by atoms with Gasteiger partial charge in [-0.1, -0.05) is 18.2 Å². The first-order valence-corrected chi connectivity index (χ1v) is 8.55. The predicted molar refractivity (Wildman–Crippen MR) is 104 cm³/mol. The molecule has 2 aromatic heterocycles. The number of hydrogen-bond donors (Lipinski definition) is 3. The summed E-state index contributed by atoms with van der Waals surface area (Å²) in [5.41, 5.74) is 10.3. The summed E-state index contributed by atoms with van der Waals surface area (Å²) in [5.74, 6) is -0.725. The Morgan fingerprint density at radius 1 is 1.00 bits per heavy atom. The highest BCUT2D eigenvalue weighted by Crippen LogP contribution is 2.41. The molecule has 4 aromatic rings. The molecule has 0 spiro atoms. The Hall–Kier alpha value is -4.13. The van der Waals surface area contributed by atoms with Gasteiger partial charge in [0.1, 0.15) is 11.5 Å². The van der Waals surface area contributed by atoms with Crippen molar-refractivity contribution in [3.05, 3.63) is 77.6 Å². The number of phenols is 2. The van der Waals surface area contributed by atoms with Crippen LogP contribution in [0.25, 0.3) is 16.6 Å². The number of phenolic OH excluding ortho intramolecular Hbond substituents is 2. The van der Waals surface area contributed by atoms with Crippen molar-refractivity contribution in [1.29, 1.82) is 0 Å². The fourth-order valence-corrected chi connectivity index (χ4v) is 3.62. The molecule has 2 aromatic carbocycles. The van der Waals surface area contributed by atoms with Gasteiger partial charge >= 0.3 is 0 Å². The molecule has 4 N–H and O–H groups in total. The summed E-state index contributed by atoms with van der Waals surface area (Å²) < 4.78 is 1.66. The van der Waals surface area contributed by atoms with E-state index in [-0.39, 0.29) is 11.5 Å². The van der Waals surface area contributed by atoms with Crippen LogP contribution in [0.15, 0.2) is 65.9 Å². The Labute approximate surface area is 159 Å². The molecule has 0 atom stereocenters. The van der Waals surface area contributed by atoms with E-state index in [0.717, 1.165) is 5.56 Å². The molecule has 1 amide bonds. The molecule has 0 bridgehead atoms. The first-order valence-electron chi connectivity index (χ1n) is 8.55. The highest BCUT2D eigenvalue weighted by molar-refractivity contribution is 6.23. The molecule has 28 heavy (non-hydrogen) atoms. The quantitative estimate of drug-likeness (QED) is 0.443.